The molecule has 0 saturated carbocycles. The summed E-state index contributed by atoms with van der Waals surface area (Å²) in [5, 5.41) is 2.70. The lowest BCUT2D eigenvalue weighted by molar-refractivity contribution is 0.0947. The Labute approximate surface area is 131 Å². The summed E-state index contributed by atoms with van der Waals surface area (Å²) in [6.07, 6.45) is 0. The third kappa shape index (κ3) is 4.37. The Balaban J connectivity index is 1.97. The largest absolute Gasteiger partial charge is 0.380 e. The maximum atomic E-state index is 13.7. The second-order valence-corrected chi connectivity index (χ2v) is 5.47. The number of hydrogen-bond acceptors (Lipinski definition) is 2. The Morgan fingerprint density at radius 2 is 1.86 bits per heavy atom. The normalized spacial score (nSPS) is 10.4. The van der Waals surface area contributed by atoms with Crippen LogP contribution in [0.15, 0.2) is 46.9 Å². The van der Waals surface area contributed by atoms with Gasteiger partial charge in [-0.3, -0.25) is 4.79 Å². The molecule has 0 unspecified atom stereocenters. The minimum atomic E-state index is -0.544. The van der Waals surface area contributed by atoms with Crippen LogP contribution in [0.2, 0.25) is 0 Å². The number of carbonyl (C=O) groups excluding carboxylic acids is 1. The van der Waals surface area contributed by atoms with Gasteiger partial charge in [-0.15, -0.1) is 0 Å². The van der Waals surface area contributed by atoms with Gasteiger partial charge in [-0.05, 0) is 29.3 Å². The molecule has 2 aromatic carbocycles. The molecule has 0 aliphatic rings. The summed E-state index contributed by atoms with van der Waals surface area (Å²) in [4.78, 5) is 11.9. The van der Waals surface area contributed by atoms with E-state index in [0.29, 0.717) is 17.6 Å². The van der Waals surface area contributed by atoms with E-state index >= 15 is 0 Å². The van der Waals surface area contributed by atoms with Gasteiger partial charge in [-0.2, -0.15) is 0 Å². The van der Waals surface area contributed by atoms with Crippen molar-refractivity contribution in [1.82, 2.24) is 5.32 Å². The van der Waals surface area contributed by atoms with Crippen LogP contribution in [0.1, 0.15) is 21.5 Å². The van der Waals surface area contributed by atoms with E-state index in [2.05, 4.69) is 21.2 Å². The summed E-state index contributed by atoms with van der Waals surface area (Å²) in [5.41, 5.74) is 2.04. The standard InChI is InChI=1S/C16H15BrFNO2/c1-21-10-12-4-2-11(3-5-12)9-19-16(20)14-7-6-13(17)8-15(14)18/h2-8H,9-10H2,1H3,(H,19,20). The van der Waals surface area contributed by atoms with Gasteiger partial charge in [0.1, 0.15) is 5.82 Å². The van der Waals surface area contributed by atoms with E-state index in [4.69, 9.17) is 4.74 Å². The fourth-order valence-corrected chi connectivity index (χ4v) is 2.20. The van der Waals surface area contributed by atoms with Crippen LogP contribution in [0.5, 0.6) is 0 Å². The van der Waals surface area contributed by atoms with E-state index in [1.54, 1.807) is 13.2 Å². The van der Waals surface area contributed by atoms with Gasteiger partial charge in [-0.25, -0.2) is 4.39 Å². The SMILES string of the molecule is COCc1ccc(CNC(=O)c2ccc(Br)cc2F)cc1. The van der Waals surface area contributed by atoms with Crippen LogP contribution in [-0.4, -0.2) is 13.0 Å². The second-order valence-electron chi connectivity index (χ2n) is 4.56. The highest BCUT2D eigenvalue weighted by atomic mass is 79.9. The van der Waals surface area contributed by atoms with Gasteiger partial charge in [-0.1, -0.05) is 40.2 Å². The highest BCUT2D eigenvalue weighted by molar-refractivity contribution is 9.10. The van der Waals surface area contributed by atoms with Crippen molar-refractivity contribution in [3.05, 3.63) is 69.4 Å². The summed E-state index contributed by atoms with van der Waals surface area (Å²) >= 11 is 3.16. The molecule has 1 N–H and O–H groups in total. The summed E-state index contributed by atoms with van der Waals surface area (Å²) in [7, 11) is 1.64. The molecule has 110 valence electrons. The molecule has 0 saturated heterocycles. The van der Waals surface area contributed by atoms with Crippen LogP contribution in [0.3, 0.4) is 0 Å². The van der Waals surface area contributed by atoms with E-state index in [0.717, 1.165) is 11.1 Å². The molecule has 0 heterocycles. The van der Waals surface area contributed by atoms with Crippen molar-refractivity contribution >= 4 is 21.8 Å². The monoisotopic (exact) mass is 351 g/mol. The average molecular weight is 352 g/mol. The quantitative estimate of drug-likeness (QED) is 0.892. The van der Waals surface area contributed by atoms with E-state index in [1.807, 2.05) is 24.3 Å². The van der Waals surface area contributed by atoms with Gasteiger partial charge >= 0.3 is 0 Å². The molecule has 3 nitrogen and oxygen atoms in total. The molecular formula is C16H15BrFNO2. The van der Waals surface area contributed by atoms with Gasteiger partial charge in [0, 0.05) is 18.1 Å². The lowest BCUT2D eigenvalue weighted by Crippen LogP contribution is -2.23. The predicted molar refractivity (Wildman–Crippen MR) is 82.4 cm³/mol. The molecule has 0 spiro atoms. The maximum absolute atomic E-state index is 13.7. The lowest BCUT2D eigenvalue weighted by atomic mass is 10.1. The lowest BCUT2D eigenvalue weighted by Gasteiger charge is -2.07. The average Bonchev–Trinajstić information content (AvgIpc) is 2.46. The second kappa shape index (κ2) is 7.33. The number of amides is 1. The molecule has 0 radical (unpaired) electrons. The summed E-state index contributed by atoms with van der Waals surface area (Å²) < 4.78 is 19.3. The van der Waals surface area contributed by atoms with E-state index in [1.165, 1.54) is 12.1 Å². The van der Waals surface area contributed by atoms with Crippen molar-refractivity contribution < 1.29 is 13.9 Å². The van der Waals surface area contributed by atoms with Crippen LogP contribution in [-0.2, 0) is 17.9 Å². The zero-order valence-electron chi connectivity index (χ0n) is 11.5. The molecule has 0 aliphatic heterocycles. The maximum Gasteiger partial charge on any atom is 0.254 e. The van der Waals surface area contributed by atoms with Gasteiger partial charge in [0.2, 0.25) is 0 Å². The van der Waals surface area contributed by atoms with Gasteiger partial charge in [0.05, 0.1) is 12.2 Å². The molecular weight excluding hydrogens is 337 g/mol. The number of carbonyl (C=O) groups is 1. The fourth-order valence-electron chi connectivity index (χ4n) is 1.87. The van der Waals surface area contributed by atoms with Crippen LogP contribution < -0.4 is 5.32 Å². The molecule has 0 aliphatic carbocycles. The third-order valence-corrected chi connectivity index (χ3v) is 3.46. The van der Waals surface area contributed by atoms with E-state index < -0.39 is 11.7 Å². The first-order chi connectivity index (χ1) is 10.1. The summed E-state index contributed by atoms with van der Waals surface area (Å²) in [6.45, 7) is 0.901. The topological polar surface area (TPSA) is 38.3 Å². The first-order valence-corrected chi connectivity index (χ1v) is 7.19. The molecule has 0 bridgehead atoms. The third-order valence-electron chi connectivity index (χ3n) is 2.96. The molecule has 21 heavy (non-hydrogen) atoms. The fraction of sp³-hybridized carbons (Fsp3) is 0.188. The number of hydrogen-bond donors (Lipinski definition) is 1. The smallest absolute Gasteiger partial charge is 0.254 e. The van der Waals surface area contributed by atoms with Gasteiger partial charge in [0.25, 0.3) is 5.91 Å². The predicted octanol–water partition coefficient (Wildman–Crippen LogP) is 3.66. The minimum Gasteiger partial charge on any atom is -0.380 e. The highest BCUT2D eigenvalue weighted by Crippen LogP contribution is 2.15. The van der Waals surface area contributed by atoms with E-state index in [9.17, 15) is 9.18 Å². The first kappa shape index (κ1) is 15.7. The molecule has 0 aromatic heterocycles. The number of nitrogens with one attached hydrogen (secondary N) is 1. The zero-order valence-corrected chi connectivity index (χ0v) is 13.1. The van der Waals surface area contributed by atoms with Crippen molar-refractivity contribution in [3.63, 3.8) is 0 Å². The highest BCUT2D eigenvalue weighted by Gasteiger charge is 2.11. The number of benzene rings is 2. The molecule has 0 atom stereocenters. The van der Waals surface area contributed by atoms with Crippen LogP contribution in [0.25, 0.3) is 0 Å². The Bertz CT molecular complexity index is 629. The number of ether oxygens (including phenoxy) is 1. The number of methoxy groups -OCH3 is 1. The number of halogens is 2. The van der Waals surface area contributed by atoms with Crippen LogP contribution in [0, 0.1) is 5.82 Å². The van der Waals surface area contributed by atoms with Gasteiger partial charge in [0.15, 0.2) is 0 Å². The number of rotatable bonds is 5. The van der Waals surface area contributed by atoms with Crippen LogP contribution >= 0.6 is 15.9 Å². The molecule has 0 fully saturated rings. The Hall–Kier alpha value is -1.72. The molecule has 2 aromatic rings. The van der Waals surface area contributed by atoms with E-state index in [-0.39, 0.29) is 5.56 Å². The Morgan fingerprint density at radius 1 is 1.19 bits per heavy atom. The Morgan fingerprint density at radius 3 is 2.48 bits per heavy atom. The van der Waals surface area contributed by atoms with Crippen molar-refractivity contribution in [2.45, 2.75) is 13.2 Å². The molecule has 1 amide bonds. The van der Waals surface area contributed by atoms with Crippen molar-refractivity contribution in [3.8, 4) is 0 Å². The molecule has 2 rings (SSSR count). The first-order valence-electron chi connectivity index (χ1n) is 6.40. The minimum absolute atomic E-state index is 0.0363. The molecule has 5 heteroatoms. The van der Waals surface area contributed by atoms with Crippen molar-refractivity contribution in [2.75, 3.05) is 7.11 Å². The summed E-state index contributed by atoms with van der Waals surface area (Å²) in [5.74, 6) is -0.974. The van der Waals surface area contributed by atoms with Crippen molar-refractivity contribution in [1.29, 1.82) is 0 Å². The summed E-state index contributed by atoms with van der Waals surface area (Å²) in [6, 6.07) is 12.1. The Kier molecular flexibility index (Phi) is 5.47. The van der Waals surface area contributed by atoms with Crippen molar-refractivity contribution in [2.24, 2.45) is 0 Å². The van der Waals surface area contributed by atoms with Gasteiger partial charge < -0.3 is 10.1 Å². The van der Waals surface area contributed by atoms with Crippen LogP contribution in [0.4, 0.5) is 4.39 Å². The zero-order chi connectivity index (χ0) is 15.2.